The van der Waals surface area contributed by atoms with E-state index in [2.05, 4.69) is 74.5 Å². The van der Waals surface area contributed by atoms with Gasteiger partial charge in [0.05, 0.1) is 0 Å². The average molecular weight is 475 g/mol. The van der Waals surface area contributed by atoms with Crippen molar-refractivity contribution in [1.29, 1.82) is 0 Å². The van der Waals surface area contributed by atoms with Crippen LogP contribution >= 0.6 is 0 Å². The molecule has 3 nitrogen and oxygen atoms in total. The van der Waals surface area contributed by atoms with Crippen LogP contribution in [0.4, 0.5) is 0 Å². The molecule has 0 aliphatic heterocycles. The zero-order chi connectivity index (χ0) is 24.7. The van der Waals surface area contributed by atoms with Gasteiger partial charge in [-0.05, 0) is 65.8 Å². The molecule has 5 rings (SSSR count). The van der Waals surface area contributed by atoms with Crippen LogP contribution in [0, 0.1) is 13.8 Å². The average Bonchev–Trinajstić information content (AvgIpc) is 2.89. The van der Waals surface area contributed by atoms with E-state index >= 15 is 0 Å². The summed E-state index contributed by atoms with van der Waals surface area (Å²) >= 11 is 0. The van der Waals surface area contributed by atoms with Crippen molar-refractivity contribution in [1.82, 2.24) is 0 Å². The third kappa shape index (κ3) is 5.87. The van der Waals surface area contributed by atoms with E-state index in [0.717, 1.165) is 51.1 Å². The van der Waals surface area contributed by atoms with Crippen LogP contribution < -0.4 is 14.2 Å². The molecule has 5 aromatic rings. The highest BCUT2D eigenvalue weighted by Gasteiger charge is 2.19. The summed E-state index contributed by atoms with van der Waals surface area (Å²) in [5.74, 6) is 2.36. The van der Waals surface area contributed by atoms with Gasteiger partial charge < -0.3 is 14.2 Å². The van der Waals surface area contributed by atoms with Gasteiger partial charge in [-0.1, -0.05) is 91.0 Å². The van der Waals surface area contributed by atoms with Gasteiger partial charge in [0, 0.05) is 11.8 Å². The summed E-state index contributed by atoms with van der Waals surface area (Å²) in [5.41, 5.74) is 4.60. The molecule has 0 fully saturated rings. The molecule has 0 spiro atoms. The first-order valence-electron chi connectivity index (χ1n) is 12.3. The van der Waals surface area contributed by atoms with Crippen molar-refractivity contribution >= 4 is 10.8 Å². The van der Waals surface area contributed by atoms with Gasteiger partial charge in [0.1, 0.15) is 17.2 Å². The minimum atomic E-state index is -0.646. The van der Waals surface area contributed by atoms with Gasteiger partial charge in [-0.2, -0.15) is 0 Å². The summed E-state index contributed by atoms with van der Waals surface area (Å²) in [6, 6.07) is 39.1. The fraction of sp³-hybridized carbons (Fsp3) is 0.152. The highest BCUT2D eigenvalue weighted by atomic mass is 16.7. The van der Waals surface area contributed by atoms with E-state index < -0.39 is 6.29 Å². The van der Waals surface area contributed by atoms with Gasteiger partial charge in [-0.3, -0.25) is 0 Å². The van der Waals surface area contributed by atoms with Gasteiger partial charge in [0.2, 0.25) is 0 Å². The fourth-order valence-corrected chi connectivity index (χ4v) is 4.32. The first-order valence-corrected chi connectivity index (χ1v) is 12.3. The highest BCUT2D eigenvalue weighted by molar-refractivity contribution is 5.89. The van der Waals surface area contributed by atoms with Crippen LogP contribution in [0.2, 0.25) is 0 Å². The van der Waals surface area contributed by atoms with Crippen molar-refractivity contribution in [3.8, 4) is 17.2 Å². The summed E-state index contributed by atoms with van der Waals surface area (Å²) in [6.07, 6.45) is 0.115. The quantitative estimate of drug-likeness (QED) is 0.203. The normalized spacial score (nSPS) is 11.7. The van der Waals surface area contributed by atoms with Gasteiger partial charge in [-0.15, -0.1) is 0 Å². The Bertz CT molecular complexity index is 1440. The first-order chi connectivity index (χ1) is 17.6. The lowest BCUT2D eigenvalue weighted by Gasteiger charge is -2.24. The first kappa shape index (κ1) is 23.5. The maximum atomic E-state index is 6.68. The smallest absolute Gasteiger partial charge is 0.274 e. The summed E-state index contributed by atoms with van der Waals surface area (Å²) in [6.45, 7) is 4.34. The van der Waals surface area contributed by atoms with Crippen molar-refractivity contribution in [3.05, 3.63) is 138 Å². The minimum Gasteiger partial charge on any atom is -0.486 e. The topological polar surface area (TPSA) is 27.7 Å². The Morgan fingerprint density at radius 2 is 1.31 bits per heavy atom. The van der Waals surface area contributed by atoms with Crippen LogP contribution in [0.25, 0.3) is 10.8 Å². The SMILES string of the molecule is Cc1cccc(OCC(Oc2cccc(C)c2)Oc2c(Cc3ccccc3)ccc3ccccc23)c1. The number of fused-ring (bicyclic) bond motifs is 1. The largest absolute Gasteiger partial charge is 0.486 e. The number of rotatable bonds is 9. The lowest BCUT2D eigenvalue weighted by molar-refractivity contribution is -0.0272. The molecule has 0 amide bonds. The molecule has 180 valence electrons. The summed E-state index contributed by atoms with van der Waals surface area (Å²) in [7, 11) is 0. The maximum Gasteiger partial charge on any atom is 0.274 e. The molecular formula is C33H30O3. The molecule has 1 atom stereocenters. The minimum absolute atomic E-state index is 0.241. The molecule has 0 heterocycles. The van der Waals surface area contributed by atoms with Crippen LogP contribution in [0.5, 0.6) is 17.2 Å². The summed E-state index contributed by atoms with van der Waals surface area (Å²) in [5, 5.41) is 2.18. The monoisotopic (exact) mass is 474 g/mol. The molecule has 0 radical (unpaired) electrons. The van der Waals surface area contributed by atoms with Crippen LogP contribution in [-0.2, 0) is 6.42 Å². The molecule has 36 heavy (non-hydrogen) atoms. The number of hydrogen-bond acceptors (Lipinski definition) is 3. The second-order valence-electron chi connectivity index (χ2n) is 9.05. The van der Waals surface area contributed by atoms with Crippen LogP contribution in [-0.4, -0.2) is 12.9 Å². The lowest BCUT2D eigenvalue weighted by atomic mass is 9.99. The fourth-order valence-electron chi connectivity index (χ4n) is 4.32. The van der Waals surface area contributed by atoms with Crippen molar-refractivity contribution in [2.24, 2.45) is 0 Å². The third-order valence-corrected chi connectivity index (χ3v) is 6.08. The Labute approximate surface area is 212 Å². The van der Waals surface area contributed by atoms with Gasteiger partial charge >= 0.3 is 0 Å². The molecule has 5 aromatic carbocycles. The predicted octanol–water partition coefficient (Wildman–Crippen LogP) is 7.91. The maximum absolute atomic E-state index is 6.68. The molecule has 0 aliphatic carbocycles. The Morgan fingerprint density at radius 1 is 0.611 bits per heavy atom. The Morgan fingerprint density at radius 3 is 2.08 bits per heavy atom. The lowest BCUT2D eigenvalue weighted by Crippen LogP contribution is -2.31. The van der Waals surface area contributed by atoms with Crippen LogP contribution in [0.1, 0.15) is 22.3 Å². The number of hydrogen-bond donors (Lipinski definition) is 0. The van der Waals surface area contributed by atoms with Crippen molar-refractivity contribution in [3.63, 3.8) is 0 Å². The van der Waals surface area contributed by atoms with Crippen molar-refractivity contribution in [2.75, 3.05) is 6.61 Å². The second-order valence-corrected chi connectivity index (χ2v) is 9.05. The molecular weight excluding hydrogens is 444 g/mol. The molecule has 0 bridgehead atoms. The van der Waals surface area contributed by atoms with Crippen LogP contribution in [0.3, 0.4) is 0 Å². The molecule has 0 N–H and O–H groups in total. The van der Waals surface area contributed by atoms with Gasteiger partial charge in [-0.25, -0.2) is 0 Å². The molecule has 0 saturated heterocycles. The zero-order valence-corrected chi connectivity index (χ0v) is 20.7. The zero-order valence-electron chi connectivity index (χ0n) is 20.7. The van der Waals surface area contributed by atoms with Gasteiger partial charge in [0.25, 0.3) is 6.29 Å². The molecule has 1 unspecified atom stereocenters. The van der Waals surface area contributed by atoms with E-state index in [1.54, 1.807) is 0 Å². The van der Waals surface area contributed by atoms with E-state index in [-0.39, 0.29) is 6.61 Å². The Hall–Kier alpha value is -4.24. The van der Waals surface area contributed by atoms with E-state index in [0.29, 0.717) is 0 Å². The molecule has 0 saturated carbocycles. The second kappa shape index (κ2) is 11.0. The number of benzene rings is 5. The van der Waals surface area contributed by atoms with E-state index in [1.165, 1.54) is 5.56 Å². The molecule has 0 aromatic heterocycles. The van der Waals surface area contributed by atoms with Gasteiger partial charge in [0.15, 0.2) is 6.61 Å². The standard InChI is InChI=1S/C33H30O3/c1-24-10-8-15-29(20-24)34-23-32(35-30-16-9-11-25(2)21-30)36-33-28(22-26-12-4-3-5-13-26)19-18-27-14-6-7-17-31(27)33/h3-21,32H,22-23H2,1-2H3. The molecule has 0 aliphatic rings. The predicted molar refractivity (Wildman–Crippen MR) is 146 cm³/mol. The number of ether oxygens (including phenoxy) is 3. The number of aryl methyl sites for hydroxylation is 2. The van der Waals surface area contributed by atoms with E-state index in [4.69, 9.17) is 14.2 Å². The third-order valence-electron chi connectivity index (χ3n) is 6.08. The van der Waals surface area contributed by atoms with Crippen molar-refractivity contribution in [2.45, 2.75) is 26.6 Å². The highest BCUT2D eigenvalue weighted by Crippen LogP contribution is 2.33. The Kier molecular flexibility index (Phi) is 7.18. The molecule has 3 heteroatoms. The summed E-state index contributed by atoms with van der Waals surface area (Å²) < 4.78 is 19.2. The Balaban J connectivity index is 1.49. The van der Waals surface area contributed by atoms with Crippen molar-refractivity contribution < 1.29 is 14.2 Å². The van der Waals surface area contributed by atoms with Crippen LogP contribution in [0.15, 0.2) is 115 Å². The summed E-state index contributed by atoms with van der Waals surface area (Å²) in [4.78, 5) is 0. The van der Waals surface area contributed by atoms with E-state index in [1.807, 2.05) is 54.6 Å². The van der Waals surface area contributed by atoms with E-state index in [9.17, 15) is 0 Å².